The SMILES string of the molecule is CC(NC1CCSC1)C(=O)N1CCOCC1. The van der Waals surface area contributed by atoms with Gasteiger partial charge < -0.3 is 15.0 Å². The van der Waals surface area contributed by atoms with E-state index in [0.29, 0.717) is 19.3 Å². The average molecular weight is 244 g/mol. The molecule has 4 nitrogen and oxygen atoms in total. The lowest BCUT2D eigenvalue weighted by molar-refractivity contribution is -0.137. The van der Waals surface area contributed by atoms with Crippen molar-refractivity contribution in [2.45, 2.75) is 25.4 Å². The molecule has 1 N–H and O–H groups in total. The molecule has 2 rings (SSSR count). The number of hydrogen-bond acceptors (Lipinski definition) is 4. The fraction of sp³-hybridized carbons (Fsp3) is 0.909. The molecule has 16 heavy (non-hydrogen) atoms. The Balaban J connectivity index is 1.78. The second kappa shape index (κ2) is 5.89. The fourth-order valence-corrected chi connectivity index (χ4v) is 3.31. The summed E-state index contributed by atoms with van der Waals surface area (Å²) in [6.45, 7) is 4.81. The molecule has 2 fully saturated rings. The van der Waals surface area contributed by atoms with Crippen molar-refractivity contribution in [2.24, 2.45) is 0 Å². The van der Waals surface area contributed by atoms with Crippen LogP contribution < -0.4 is 5.32 Å². The van der Waals surface area contributed by atoms with Crippen LogP contribution in [0.3, 0.4) is 0 Å². The zero-order valence-corrected chi connectivity index (χ0v) is 10.6. The van der Waals surface area contributed by atoms with Gasteiger partial charge in [0.2, 0.25) is 5.91 Å². The molecule has 2 heterocycles. The Morgan fingerprint density at radius 1 is 1.50 bits per heavy atom. The van der Waals surface area contributed by atoms with Crippen LogP contribution in [0.1, 0.15) is 13.3 Å². The summed E-state index contributed by atoms with van der Waals surface area (Å²) in [4.78, 5) is 14.0. The minimum Gasteiger partial charge on any atom is -0.378 e. The van der Waals surface area contributed by atoms with E-state index in [1.807, 2.05) is 23.6 Å². The van der Waals surface area contributed by atoms with Crippen molar-refractivity contribution in [2.75, 3.05) is 37.8 Å². The van der Waals surface area contributed by atoms with Gasteiger partial charge >= 0.3 is 0 Å². The van der Waals surface area contributed by atoms with Crippen LogP contribution in [0.2, 0.25) is 0 Å². The van der Waals surface area contributed by atoms with Crippen molar-refractivity contribution in [3.8, 4) is 0 Å². The Hall–Kier alpha value is -0.260. The number of morpholine rings is 1. The van der Waals surface area contributed by atoms with Crippen molar-refractivity contribution in [1.82, 2.24) is 10.2 Å². The molecule has 0 aliphatic carbocycles. The number of amides is 1. The molecular weight excluding hydrogens is 224 g/mol. The first-order chi connectivity index (χ1) is 7.77. The third-order valence-electron chi connectivity index (χ3n) is 3.11. The molecule has 0 bridgehead atoms. The predicted octanol–water partition coefficient (Wildman–Crippen LogP) is 0.329. The van der Waals surface area contributed by atoms with Crippen molar-refractivity contribution in [3.63, 3.8) is 0 Å². The van der Waals surface area contributed by atoms with Gasteiger partial charge in [0.15, 0.2) is 0 Å². The molecule has 2 aliphatic rings. The molecule has 0 radical (unpaired) electrons. The number of hydrogen-bond donors (Lipinski definition) is 1. The normalized spacial score (nSPS) is 28.1. The van der Waals surface area contributed by atoms with Gasteiger partial charge in [0.05, 0.1) is 19.3 Å². The van der Waals surface area contributed by atoms with E-state index in [4.69, 9.17) is 4.74 Å². The average Bonchev–Trinajstić information content (AvgIpc) is 2.82. The number of rotatable bonds is 3. The Morgan fingerprint density at radius 3 is 2.88 bits per heavy atom. The summed E-state index contributed by atoms with van der Waals surface area (Å²) in [5.41, 5.74) is 0. The van der Waals surface area contributed by atoms with E-state index in [1.165, 1.54) is 12.2 Å². The Morgan fingerprint density at radius 2 is 2.25 bits per heavy atom. The predicted molar refractivity (Wildman–Crippen MR) is 65.7 cm³/mol. The van der Waals surface area contributed by atoms with Gasteiger partial charge in [0.1, 0.15) is 0 Å². The number of nitrogens with zero attached hydrogens (tertiary/aromatic N) is 1. The molecule has 0 aromatic heterocycles. The van der Waals surface area contributed by atoms with Gasteiger partial charge in [-0.05, 0) is 19.1 Å². The van der Waals surface area contributed by atoms with E-state index >= 15 is 0 Å². The summed E-state index contributed by atoms with van der Waals surface area (Å²) in [6, 6.07) is 0.465. The first kappa shape index (κ1) is 12.2. The highest BCUT2D eigenvalue weighted by Gasteiger charge is 2.25. The lowest BCUT2D eigenvalue weighted by Crippen LogP contribution is -2.51. The molecule has 5 heteroatoms. The van der Waals surface area contributed by atoms with Crippen molar-refractivity contribution < 1.29 is 9.53 Å². The molecule has 2 aliphatic heterocycles. The van der Waals surface area contributed by atoms with E-state index in [-0.39, 0.29) is 11.9 Å². The van der Waals surface area contributed by atoms with Crippen LogP contribution in [0.5, 0.6) is 0 Å². The van der Waals surface area contributed by atoms with Gasteiger partial charge in [-0.3, -0.25) is 4.79 Å². The highest BCUT2D eigenvalue weighted by Crippen LogP contribution is 2.17. The second-order valence-corrected chi connectivity index (χ2v) is 5.54. The quantitative estimate of drug-likeness (QED) is 0.777. The van der Waals surface area contributed by atoms with E-state index in [0.717, 1.165) is 18.8 Å². The molecule has 0 aromatic carbocycles. The lowest BCUT2D eigenvalue weighted by atomic mass is 10.2. The molecule has 2 saturated heterocycles. The molecule has 2 unspecified atom stereocenters. The topological polar surface area (TPSA) is 41.6 Å². The molecule has 0 saturated carbocycles. The van der Waals surface area contributed by atoms with E-state index in [2.05, 4.69) is 5.32 Å². The van der Waals surface area contributed by atoms with E-state index in [1.54, 1.807) is 0 Å². The Bertz CT molecular complexity index is 238. The van der Waals surface area contributed by atoms with E-state index in [9.17, 15) is 4.79 Å². The largest absolute Gasteiger partial charge is 0.378 e. The second-order valence-electron chi connectivity index (χ2n) is 4.39. The highest BCUT2D eigenvalue weighted by molar-refractivity contribution is 7.99. The van der Waals surface area contributed by atoms with Crippen LogP contribution in [-0.2, 0) is 9.53 Å². The summed E-state index contributed by atoms with van der Waals surface area (Å²) >= 11 is 1.96. The third-order valence-corrected chi connectivity index (χ3v) is 4.27. The van der Waals surface area contributed by atoms with Crippen molar-refractivity contribution >= 4 is 17.7 Å². The summed E-state index contributed by atoms with van der Waals surface area (Å²) in [5.74, 6) is 2.58. The maximum absolute atomic E-state index is 12.1. The van der Waals surface area contributed by atoms with Crippen LogP contribution in [-0.4, -0.2) is 60.7 Å². The van der Waals surface area contributed by atoms with Crippen molar-refractivity contribution in [1.29, 1.82) is 0 Å². The smallest absolute Gasteiger partial charge is 0.239 e. The molecular formula is C11H20N2O2S. The van der Waals surface area contributed by atoms with Crippen LogP contribution >= 0.6 is 11.8 Å². The zero-order valence-electron chi connectivity index (χ0n) is 9.78. The number of ether oxygens (including phenoxy) is 1. The maximum Gasteiger partial charge on any atom is 0.239 e. The fourth-order valence-electron chi connectivity index (χ4n) is 2.15. The molecule has 1 amide bonds. The first-order valence-electron chi connectivity index (χ1n) is 5.97. The van der Waals surface area contributed by atoms with E-state index < -0.39 is 0 Å². The monoisotopic (exact) mass is 244 g/mol. The third kappa shape index (κ3) is 3.12. The molecule has 0 spiro atoms. The minimum atomic E-state index is -0.0539. The minimum absolute atomic E-state index is 0.0539. The number of thioether (sulfide) groups is 1. The molecule has 2 atom stereocenters. The maximum atomic E-state index is 12.1. The highest BCUT2D eigenvalue weighted by atomic mass is 32.2. The zero-order chi connectivity index (χ0) is 11.4. The summed E-state index contributed by atoms with van der Waals surface area (Å²) in [5, 5.41) is 3.42. The van der Waals surface area contributed by atoms with Crippen LogP contribution in [0.4, 0.5) is 0 Å². The summed E-state index contributed by atoms with van der Waals surface area (Å²) in [7, 11) is 0. The van der Waals surface area contributed by atoms with Crippen LogP contribution in [0, 0.1) is 0 Å². The van der Waals surface area contributed by atoms with Crippen molar-refractivity contribution in [3.05, 3.63) is 0 Å². The van der Waals surface area contributed by atoms with Gasteiger partial charge in [0, 0.05) is 24.9 Å². The number of nitrogens with one attached hydrogen (secondary N) is 1. The van der Waals surface area contributed by atoms with Crippen LogP contribution in [0.25, 0.3) is 0 Å². The van der Waals surface area contributed by atoms with Gasteiger partial charge in [-0.1, -0.05) is 0 Å². The number of carbonyl (C=O) groups is 1. The Kier molecular flexibility index (Phi) is 4.49. The van der Waals surface area contributed by atoms with Gasteiger partial charge in [-0.25, -0.2) is 0 Å². The van der Waals surface area contributed by atoms with Gasteiger partial charge in [-0.15, -0.1) is 0 Å². The first-order valence-corrected chi connectivity index (χ1v) is 7.13. The number of carbonyl (C=O) groups excluding carboxylic acids is 1. The summed E-state index contributed by atoms with van der Waals surface area (Å²) < 4.78 is 5.25. The molecule has 92 valence electrons. The van der Waals surface area contributed by atoms with Crippen LogP contribution in [0.15, 0.2) is 0 Å². The van der Waals surface area contributed by atoms with Gasteiger partial charge in [-0.2, -0.15) is 11.8 Å². The standard InChI is InChI=1S/C11H20N2O2S/c1-9(12-10-2-7-16-8-10)11(14)13-3-5-15-6-4-13/h9-10,12H,2-8H2,1H3. The Labute approximate surface area is 101 Å². The molecule has 0 aromatic rings. The van der Waals surface area contributed by atoms with Gasteiger partial charge in [0.25, 0.3) is 0 Å². The summed E-state index contributed by atoms with van der Waals surface area (Å²) in [6.07, 6.45) is 1.19. The lowest BCUT2D eigenvalue weighted by Gasteiger charge is -2.30.